The molecule has 0 bridgehead atoms. The number of benzene rings is 1. The number of thiocarbonyl (C=S) groups is 1. The molecule has 5 nitrogen and oxygen atoms in total. The first kappa shape index (κ1) is 23.7. The smallest absolute Gasteiger partial charge is 0.379 e. The maximum Gasteiger partial charge on any atom is 0.416 e. The van der Waals surface area contributed by atoms with Crippen molar-refractivity contribution in [1.82, 2.24) is 14.8 Å². The summed E-state index contributed by atoms with van der Waals surface area (Å²) in [5, 5.41) is 3.38. The molecule has 0 amide bonds. The highest BCUT2D eigenvalue weighted by Gasteiger charge is 2.31. The number of morpholine rings is 1. The third-order valence-electron chi connectivity index (χ3n) is 4.95. The number of pyridine rings is 1. The lowest BCUT2D eigenvalue weighted by Crippen LogP contribution is -2.40. The molecule has 0 radical (unpaired) electrons. The summed E-state index contributed by atoms with van der Waals surface area (Å²) in [5.74, 6) is 0. The lowest BCUT2D eigenvalue weighted by molar-refractivity contribution is -0.137. The molecule has 168 valence electrons. The van der Waals surface area contributed by atoms with Gasteiger partial charge in [0, 0.05) is 45.1 Å². The highest BCUT2D eigenvalue weighted by atomic mass is 35.5. The maximum absolute atomic E-state index is 12.9. The SMILES string of the molecule is FC(F)(F)c1ccc(NC(=S)N(CCCN2CCOCC2)Cc2ccncc2)c(Cl)c1. The second-order valence-electron chi connectivity index (χ2n) is 7.21. The van der Waals surface area contributed by atoms with Crippen LogP contribution in [0.4, 0.5) is 18.9 Å². The van der Waals surface area contributed by atoms with E-state index in [1.807, 2.05) is 17.0 Å². The molecule has 1 N–H and O–H groups in total. The van der Waals surface area contributed by atoms with E-state index in [0.717, 1.165) is 57.0 Å². The molecule has 10 heteroatoms. The Labute approximate surface area is 190 Å². The van der Waals surface area contributed by atoms with Gasteiger partial charge in [-0.2, -0.15) is 13.2 Å². The summed E-state index contributed by atoms with van der Waals surface area (Å²) in [5.41, 5.74) is 0.574. The second-order valence-corrected chi connectivity index (χ2v) is 8.00. The maximum atomic E-state index is 12.9. The molecule has 1 saturated heterocycles. The fourth-order valence-corrected chi connectivity index (χ4v) is 3.75. The predicted molar refractivity (Wildman–Crippen MR) is 119 cm³/mol. The molecule has 0 saturated carbocycles. The molecule has 0 spiro atoms. The topological polar surface area (TPSA) is 40.6 Å². The molecular formula is C21H24ClF3N4OS. The van der Waals surface area contributed by atoms with Crippen molar-refractivity contribution in [2.45, 2.75) is 19.1 Å². The Bertz CT molecular complexity index is 863. The van der Waals surface area contributed by atoms with E-state index in [2.05, 4.69) is 15.2 Å². The summed E-state index contributed by atoms with van der Waals surface area (Å²) in [6.45, 7) is 5.46. The van der Waals surface area contributed by atoms with Gasteiger partial charge in [0.1, 0.15) is 0 Å². The van der Waals surface area contributed by atoms with Gasteiger partial charge < -0.3 is 15.0 Å². The first-order valence-corrected chi connectivity index (χ1v) is 10.7. The standard InChI is InChI=1S/C21H24ClF3N4OS/c22-18-14-17(21(23,24)25)2-3-19(18)27-20(31)29(15-16-4-6-26-7-5-16)9-1-8-28-10-12-30-13-11-28/h2-7,14H,1,8-13,15H2,(H,27,31). The predicted octanol–water partition coefficient (Wildman–Crippen LogP) is 4.68. The molecular weight excluding hydrogens is 449 g/mol. The molecule has 31 heavy (non-hydrogen) atoms. The molecule has 1 aromatic heterocycles. The highest BCUT2D eigenvalue weighted by molar-refractivity contribution is 7.80. The van der Waals surface area contributed by atoms with E-state index in [0.29, 0.717) is 23.9 Å². The summed E-state index contributed by atoms with van der Waals surface area (Å²) in [7, 11) is 0. The van der Waals surface area contributed by atoms with Crippen molar-refractivity contribution >= 4 is 34.6 Å². The van der Waals surface area contributed by atoms with Crippen LogP contribution in [0.5, 0.6) is 0 Å². The van der Waals surface area contributed by atoms with Gasteiger partial charge in [-0.1, -0.05) is 11.6 Å². The van der Waals surface area contributed by atoms with Gasteiger partial charge in [-0.3, -0.25) is 9.88 Å². The molecule has 3 rings (SSSR count). The Morgan fingerprint density at radius 1 is 1.19 bits per heavy atom. The van der Waals surface area contributed by atoms with Gasteiger partial charge >= 0.3 is 6.18 Å². The van der Waals surface area contributed by atoms with Gasteiger partial charge in [-0.25, -0.2) is 0 Å². The van der Waals surface area contributed by atoms with Crippen molar-refractivity contribution in [3.63, 3.8) is 0 Å². The Balaban J connectivity index is 1.66. The van der Waals surface area contributed by atoms with Crippen LogP contribution in [0.3, 0.4) is 0 Å². The lowest BCUT2D eigenvalue weighted by Gasteiger charge is -2.30. The van der Waals surface area contributed by atoms with Gasteiger partial charge in [0.05, 0.1) is 29.5 Å². The lowest BCUT2D eigenvalue weighted by atomic mass is 10.2. The number of alkyl halides is 3. The number of hydrogen-bond acceptors (Lipinski definition) is 4. The number of halogens is 4. The molecule has 1 aliphatic rings. The molecule has 2 heterocycles. The van der Waals surface area contributed by atoms with E-state index in [1.165, 1.54) is 6.07 Å². The van der Waals surface area contributed by atoms with Crippen LogP contribution in [-0.2, 0) is 17.5 Å². The van der Waals surface area contributed by atoms with E-state index in [1.54, 1.807) is 12.4 Å². The number of nitrogens with zero attached hydrogens (tertiary/aromatic N) is 3. The number of hydrogen-bond donors (Lipinski definition) is 1. The molecule has 1 aliphatic heterocycles. The van der Waals surface area contributed by atoms with Crippen LogP contribution in [0.1, 0.15) is 17.5 Å². The highest BCUT2D eigenvalue weighted by Crippen LogP contribution is 2.33. The second kappa shape index (κ2) is 11.1. The van der Waals surface area contributed by atoms with Gasteiger partial charge in [0.2, 0.25) is 0 Å². The van der Waals surface area contributed by atoms with Gasteiger partial charge in [-0.15, -0.1) is 0 Å². The first-order chi connectivity index (χ1) is 14.8. The third kappa shape index (κ3) is 7.31. The van der Waals surface area contributed by atoms with Crippen LogP contribution in [0.2, 0.25) is 5.02 Å². The third-order valence-corrected chi connectivity index (χ3v) is 5.63. The summed E-state index contributed by atoms with van der Waals surface area (Å²) in [4.78, 5) is 8.36. The zero-order valence-corrected chi connectivity index (χ0v) is 18.4. The monoisotopic (exact) mass is 472 g/mol. The summed E-state index contributed by atoms with van der Waals surface area (Å²) in [6, 6.07) is 7.00. The van der Waals surface area contributed by atoms with Gasteiger partial charge in [0.25, 0.3) is 0 Å². The average molecular weight is 473 g/mol. The minimum Gasteiger partial charge on any atom is -0.379 e. The molecule has 0 atom stereocenters. The van der Waals surface area contributed by atoms with Crippen LogP contribution in [0.25, 0.3) is 0 Å². The van der Waals surface area contributed by atoms with Crippen molar-refractivity contribution in [2.75, 3.05) is 44.7 Å². The largest absolute Gasteiger partial charge is 0.416 e. The van der Waals surface area contributed by atoms with E-state index in [4.69, 9.17) is 28.6 Å². The Morgan fingerprint density at radius 2 is 1.90 bits per heavy atom. The fourth-order valence-electron chi connectivity index (χ4n) is 3.26. The summed E-state index contributed by atoms with van der Waals surface area (Å²) < 4.78 is 44.1. The van der Waals surface area contributed by atoms with Gasteiger partial charge in [-0.05, 0) is 54.5 Å². The molecule has 0 unspecified atom stereocenters. The zero-order chi connectivity index (χ0) is 22.3. The number of aromatic nitrogens is 1. The first-order valence-electron chi connectivity index (χ1n) is 9.94. The number of nitrogens with one attached hydrogen (secondary N) is 1. The molecule has 1 fully saturated rings. The Hall–Kier alpha value is -1.94. The van der Waals surface area contributed by atoms with E-state index in [-0.39, 0.29) is 5.02 Å². The van der Waals surface area contributed by atoms with Gasteiger partial charge in [0.15, 0.2) is 5.11 Å². The van der Waals surface area contributed by atoms with Crippen LogP contribution in [-0.4, -0.2) is 59.3 Å². The normalized spacial score (nSPS) is 15.0. The van der Waals surface area contributed by atoms with Crippen molar-refractivity contribution in [3.05, 3.63) is 58.9 Å². The van der Waals surface area contributed by atoms with E-state index < -0.39 is 11.7 Å². The van der Waals surface area contributed by atoms with Crippen LogP contribution in [0, 0.1) is 0 Å². The Morgan fingerprint density at radius 3 is 2.55 bits per heavy atom. The zero-order valence-electron chi connectivity index (χ0n) is 16.9. The quantitative estimate of drug-likeness (QED) is 0.590. The number of anilines is 1. The number of rotatable bonds is 7. The summed E-state index contributed by atoms with van der Waals surface area (Å²) >= 11 is 11.7. The Kier molecular flexibility index (Phi) is 8.48. The fraction of sp³-hybridized carbons (Fsp3) is 0.429. The van der Waals surface area contributed by atoms with Crippen molar-refractivity contribution in [2.24, 2.45) is 0 Å². The van der Waals surface area contributed by atoms with Crippen molar-refractivity contribution in [3.8, 4) is 0 Å². The van der Waals surface area contributed by atoms with Crippen LogP contribution >= 0.6 is 23.8 Å². The minimum atomic E-state index is -4.45. The molecule has 2 aromatic rings. The molecule has 0 aliphatic carbocycles. The van der Waals surface area contributed by atoms with Crippen LogP contribution in [0.15, 0.2) is 42.7 Å². The van der Waals surface area contributed by atoms with E-state index in [9.17, 15) is 13.2 Å². The van der Waals surface area contributed by atoms with Crippen molar-refractivity contribution < 1.29 is 17.9 Å². The van der Waals surface area contributed by atoms with Crippen LogP contribution < -0.4 is 5.32 Å². The van der Waals surface area contributed by atoms with Crippen molar-refractivity contribution in [1.29, 1.82) is 0 Å². The van der Waals surface area contributed by atoms with E-state index >= 15 is 0 Å². The number of ether oxygens (including phenoxy) is 1. The minimum absolute atomic E-state index is 0.0330. The molecule has 1 aromatic carbocycles. The summed E-state index contributed by atoms with van der Waals surface area (Å²) in [6.07, 6.45) is -0.141. The average Bonchev–Trinajstić information content (AvgIpc) is 2.75.